The van der Waals surface area contributed by atoms with E-state index >= 15 is 0 Å². The second kappa shape index (κ2) is 4.68. The van der Waals surface area contributed by atoms with Gasteiger partial charge in [0.25, 0.3) is 0 Å². The quantitative estimate of drug-likeness (QED) is 0.559. The fraction of sp³-hybridized carbons (Fsp3) is 0.300. The SMILES string of the molecule is C[S+](C)CC(=O)c1ccccc1Cl. The van der Waals surface area contributed by atoms with Gasteiger partial charge >= 0.3 is 0 Å². The molecule has 1 aromatic rings. The van der Waals surface area contributed by atoms with Crippen LogP contribution in [0.15, 0.2) is 24.3 Å². The van der Waals surface area contributed by atoms with Crippen molar-refractivity contribution in [1.29, 1.82) is 0 Å². The van der Waals surface area contributed by atoms with Crippen LogP contribution in [0.1, 0.15) is 10.4 Å². The molecule has 3 heteroatoms. The summed E-state index contributed by atoms with van der Waals surface area (Å²) in [5, 5.41) is 0.554. The highest BCUT2D eigenvalue weighted by molar-refractivity contribution is 7.96. The van der Waals surface area contributed by atoms with Gasteiger partial charge in [0.15, 0.2) is 5.75 Å². The van der Waals surface area contributed by atoms with Crippen molar-refractivity contribution in [2.45, 2.75) is 0 Å². The summed E-state index contributed by atoms with van der Waals surface area (Å²) in [6.45, 7) is 0. The Balaban J connectivity index is 2.83. The summed E-state index contributed by atoms with van der Waals surface area (Å²) in [6, 6.07) is 7.19. The van der Waals surface area contributed by atoms with Crippen LogP contribution >= 0.6 is 11.6 Å². The molecule has 0 aliphatic heterocycles. The number of rotatable bonds is 3. The van der Waals surface area contributed by atoms with Crippen molar-refractivity contribution in [1.82, 2.24) is 0 Å². The summed E-state index contributed by atoms with van der Waals surface area (Å²) < 4.78 is 0. The number of ketones is 1. The molecule has 0 N–H and O–H groups in total. The summed E-state index contributed by atoms with van der Waals surface area (Å²) in [4.78, 5) is 11.6. The van der Waals surface area contributed by atoms with Crippen molar-refractivity contribution in [3.63, 3.8) is 0 Å². The average Bonchev–Trinajstić information content (AvgIpc) is 2.03. The number of halogens is 1. The Labute approximate surface area is 86.4 Å². The van der Waals surface area contributed by atoms with Crippen LogP contribution in [-0.4, -0.2) is 24.0 Å². The van der Waals surface area contributed by atoms with Crippen molar-refractivity contribution in [2.24, 2.45) is 0 Å². The lowest BCUT2D eigenvalue weighted by molar-refractivity contribution is 0.102. The van der Waals surface area contributed by atoms with Gasteiger partial charge in [0.2, 0.25) is 5.78 Å². The number of hydrogen-bond acceptors (Lipinski definition) is 1. The largest absolute Gasteiger partial charge is 0.289 e. The van der Waals surface area contributed by atoms with E-state index in [2.05, 4.69) is 12.5 Å². The summed E-state index contributed by atoms with van der Waals surface area (Å²) in [5.41, 5.74) is 0.644. The van der Waals surface area contributed by atoms with E-state index in [4.69, 9.17) is 11.6 Å². The maximum Gasteiger partial charge on any atom is 0.213 e. The fourth-order valence-electron chi connectivity index (χ4n) is 1.03. The third-order valence-electron chi connectivity index (χ3n) is 1.59. The van der Waals surface area contributed by atoms with Gasteiger partial charge in [-0.3, -0.25) is 4.79 Å². The van der Waals surface area contributed by atoms with Crippen molar-refractivity contribution in [3.8, 4) is 0 Å². The number of hydrogen-bond donors (Lipinski definition) is 0. The molecule has 0 bridgehead atoms. The van der Waals surface area contributed by atoms with E-state index in [0.717, 1.165) is 0 Å². The van der Waals surface area contributed by atoms with Crippen LogP contribution in [0.3, 0.4) is 0 Å². The summed E-state index contributed by atoms with van der Waals surface area (Å²) in [6.07, 6.45) is 4.10. The monoisotopic (exact) mass is 215 g/mol. The number of benzene rings is 1. The smallest absolute Gasteiger partial charge is 0.213 e. The average molecular weight is 216 g/mol. The molecule has 0 aliphatic rings. The van der Waals surface area contributed by atoms with Gasteiger partial charge in [-0.1, -0.05) is 23.7 Å². The molecule has 0 saturated heterocycles. The van der Waals surface area contributed by atoms with E-state index in [0.29, 0.717) is 16.3 Å². The molecule has 0 saturated carbocycles. The van der Waals surface area contributed by atoms with Crippen LogP contribution in [0.5, 0.6) is 0 Å². The predicted molar refractivity (Wildman–Crippen MR) is 59.9 cm³/mol. The highest BCUT2D eigenvalue weighted by Gasteiger charge is 2.15. The molecule has 1 rings (SSSR count). The van der Waals surface area contributed by atoms with Gasteiger partial charge in [-0.05, 0) is 23.0 Å². The summed E-state index contributed by atoms with van der Waals surface area (Å²) in [5.74, 6) is 0.725. The normalized spacial score (nSPS) is 10.5. The molecule has 0 spiro atoms. The number of carbonyl (C=O) groups is 1. The van der Waals surface area contributed by atoms with E-state index in [1.54, 1.807) is 12.1 Å². The van der Waals surface area contributed by atoms with E-state index in [-0.39, 0.29) is 16.7 Å². The molecule has 0 radical (unpaired) electrons. The number of carbonyl (C=O) groups excluding carboxylic acids is 1. The van der Waals surface area contributed by atoms with Crippen LogP contribution in [-0.2, 0) is 10.9 Å². The minimum atomic E-state index is 0.137. The maximum absolute atomic E-state index is 11.6. The Morgan fingerprint density at radius 3 is 2.54 bits per heavy atom. The predicted octanol–water partition coefficient (Wildman–Crippen LogP) is 2.40. The maximum atomic E-state index is 11.6. The first-order valence-electron chi connectivity index (χ1n) is 3.93. The molecule has 0 atom stereocenters. The Morgan fingerprint density at radius 2 is 2.00 bits per heavy atom. The molecule has 13 heavy (non-hydrogen) atoms. The van der Waals surface area contributed by atoms with Crippen LogP contribution in [0.4, 0.5) is 0 Å². The molecule has 0 unspecified atom stereocenters. The highest BCUT2D eigenvalue weighted by Crippen LogP contribution is 2.15. The first-order chi connectivity index (χ1) is 6.11. The van der Waals surface area contributed by atoms with Gasteiger partial charge in [-0.15, -0.1) is 0 Å². The van der Waals surface area contributed by atoms with Gasteiger partial charge in [0, 0.05) is 5.56 Å². The van der Waals surface area contributed by atoms with Gasteiger partial charge in [0.05, 0.1) is 17.5 Å². The van der Waals surface area contributed by atoms with E-state index in [1.807, 2.05) is 12.1 Å². The van der Waals surface area contributed by atoms with Crippen molar-refractivity contribution < 1.29 is 4.79 Å². The summed E-state index contributed by atoms with van der Waals surface area (Å²) in [7, 11) is 0.137. The zero-order chi connectivity index (χ0) is 9.84. The molecule has 0 amide bonds. The van der Waals surface area contributed by atoms with E-state index in [1.165, 1.54) is 0 Å². The molecule has 0 fully saturated rings. The standard InChI is InChI=1S/C10H12ClOS/c1-13(2)7-10(12)8-5-3-4-6-9(8)11/h3-6H,7H2,1-2H3/q+1. The molecule has 0 heterocycles. The Hall–Kier alpha value is -0.470. The third kappa shape index (κ3) is 3.05. The first-order valence-corrected chi connectivity index (χ1v) is 6.52. The summed E-state index contributed by atoms with van der Waals surface area (Å²) >= 11 is 5.88. The lowest BCUT2D eigenvalue weighted by Crippen LogP contribution is -2.14. The molecule has 0 aromatic heterocycles. The fourth-order valence-corrected chi connectivity index (χ4v) is 1.95. The zero-order valence-corrected chi connectivity index (χ0v) is 9.28. The highest BCUT2D eigenvalue weighted by atomic mass is 35.5. The lowest BCUT2D eigenvalue weighted by Gasteiger charge is -2.00. The first kappa shape index (κ1) is 10.6. The van der Waals surface area contributed by atoms with Gasteiger partial charge in [0.1, 0.15) is 0 Å². The molecular formula is C10H12ClOS+. The van der Waals surface area contributed by atoms with E-state index in [9.17, 15) is 4.79 Å². The Morgan fingerprint density at radius 1 is 1.38 bits per heavy atom. The minimum absolute atomic E-state index is 0.137. The van der Waals surface area contributed by atoms with Crippen molar-refractivity contribution in [3.05, 3.63) is 34.9 Å². The van der Waals surface area contributed by atoms with Crippen LogP contribution < -0.4 is 0 Å². The van der Waals surface area contributed by atoms with Crippen molar-refractivity contribution in [2.75, 3.05) is 18.3 Å². The zero-order valence-electron chi connectivity index (χ0n) is 7.71. The molecule has 0 aliphatic carbocycles. The molecule has 1 nitrogen and oxygen atoms in total. The third-order valence-corrected chi connectivity index (χ3v) is 2.76. The van der Waals surface area contributed by atoms with Gasteiger partial charge < -0.3 is 0 Å². The van der Waals surface area contributed by atoms with Crippen LogP contribution in [0.25, 0.3) is 0 Å². The topological polar surface area (TPSA) is 17.1 Å². The van der Waals surface area contributed by atoms with Crippen molar-refractivity contribution >= 4 is 28.3 Å². The Bertz CT molecular complexity index is 310. The van der Waals surface area contributed by atoms with E-state index < -0.39 is 0 Å². The molecular weight excluding hydrogens is 204 g/mol. The van der Waals surface area contributed by atoms with Crippen LogP contribution in [0.2, 0.25) is 5.02 Å². The van der Waals surface area contributed by atoms with Crippen LogP contribution in [0, 0.1) is 0 Å². The molecule has 70 valence electrons. The minimum Gasteiger partial charge on any atom is -0.289 e. The second-order valence-corrected chi connectivity index (χ2v) is 5.70. The number of Topliss-reactive ketones (excluding diaryl/α,β-unsaturated/α-hetero) is 1. The van der Waals surface area contributed by atoms with Gasteiger partial charge in [-0.2, -0.15) is 0 Å². The second-order valence-electron chi connectivity index (χ2n) is 3.03. The Kier molecular flexibility index (Phi) is 3.82. The molecule has 1 aromatic carbocycles. The lowest BCUT2D eigenvalue weighted by atomic mass is 10.1. The van der Waals surface area contributed by atoms with Gasteiger partial charge in [-0.25, -0.2) is 0 Å².